The summed E-state index contributed by atoms with van der Waals surface area (Å²) in [5, 5.41) is 3.31. The number of benzene rings is 1. The summed E-state index contributed by atoms with van der Waals surface area (Å²) in [6.45, 7) is 7.39. The average Bonchev–Trinajstić information content (AvgIpc) is 2.69. The molecule has 1 amide bonds. The number of amides is 1. The van der Waals surface area contributed by atoms with Gasteiger partial charge in [-0.15, -0.1) is 0 Å². The number of para-hydroxylation sites is 2. The molecule has 0 saturated carbocycles. The number of ether oxygens (including phenoxy) is 2. The van der Waals surface area contributed by atoms with E-state index in [2.05, 4.69) is 16.3 Å². The Bertz CT molecular complexity index is 579. The normalized spacial score (nSPS) is 20.4. The fourth-order valence-electron chi connectivity index (χ4n) is 3.77. The first-order valence-corrected chi connectivity index (χ1v) is 9.22. The van der Waals surface area contributed by atoms with E-state index in [9.17, 15) is 4.79 Å². The second-order valence-electron chi connectivity index (χ2n) is 6.63. The van der Waals surface area contributed by atoms with E-state index >= 15 is 0 Å². The maximum Gasteiger partial charge on any atom is 0.255 e. The molecule has 0 aliphatic carbocycles. The van der Waals surface area contributed by atoms with Crippen molar-refractivity contribution in [1.29, 1.82) is 0 Å². The van der Waals surface area contributed by atoms with Gasteiger partial charge in [0, 0.05) is 33.3 Å². The number of rotatable bonds is 5. The second kappa shape index (κ2) is 8.06. The molecule has 0 aromatic heterocycles. The van der Waals surface area contributed by atoms with Crippen LogP contribution in [0, 0.1) is 0 Å². The Morgan fingerprint density at radius 2 is 1.84 bits per heavy atom. The molecular formula is C19H29N3O3. The SMILES string of the molecule is CCOc1ccccc1N1CCN(C(=O)C2(OC)CCNCC2)CC1. The third kappa shape index (κ3) is 3.75. The van der Waals surface area contributed by atoms with E-state index < -0.39 is 5.60 Å². The predicted molar refractivity (Wildman–Crippen MR) is 98.2 cm³/mol. The molecule has 25 heavy (non-hydrogen) atoms. The van der Waals surface area contributed by atoms with Crippen molar-refractivity contribution < 1.29 is 14.3 Å². The molecule has 0 bridgehead atoms. The first-order chi connectivity index (χ1) is 12.2. The standard InChI is InChI=1S/C19H29N3O3/c1-3-25-17-7-5-4-6-16(17)21-12-14-22(15-13-21)18(23)19(24-2)8-10-20-11-9-19/h4-7,20H,3,8-15H2,1-2H3. The van der Waals surface area contributed by atoms with Gasteiger partial charge in [0.2, 0.25) is 0 Å². The summed E-state index contributed by atoms with van der Waals surface area (Å²) < 4.78 is 11.4. The van der Waals surface area contributed by atoms with Gasteiger partial charge in [-0.2, -0.15) is 0 Å². The number of nitrogens with zero attached hydrogens (tertiary/aromatic N) is 2. The molecule has 3 rings (SSSR count). The van der Waals surface area contributed by atoms with Crippen molar-refractivity contribution in [2.24, 2.45) is 0 Å². The molecule has 138 valence electrons. The van der Waals surface area contributed by atoms with Crippen LogP contribution in [0.4, 0.5) is 5.69 Å². The van der Waals surface area contributed by atoms with E-state index in [1.54, 1.807) is 7.11 Å². The Labute approximate surface area is 150 Å². The van der Waals surface area contributed by atoms with Gasteiger partial charge in [0.1, 0.15) is 11.4 Å². The Morgan fingerprint density at radius 3 is 2.48 bits per heavy atom. The molecule has 2 saturated heterocycles. The van der Waals surface area contributed by atoms with E-state index in [1.807, 2.05) is 30.0 Å². The number of hydrogen-bond acceptors (Lipinski definition) is 5. The number of carbonyl (C=O) groups is 1. The van der Waals surface area contributed by atoms with Crippen molar-refractivity contribution in [2.45, 2.75) is 25.4 Å². The summed E-state index contributed by atoms with van der Waals surface area (Å²) in [6.07, 6.45) is 1.49. The molecule has 1 aromatic rings. The molecule has 2 aliphatic heterocycles. The zero-order chi connectivity index (χ0) is 17.7. The lowest BCUT2D eigenvalue weighted by Gasteiger charge is -2.42. The van der Waals surface area contributed by atoms with Gasteiger partial charge in [0.15, 0.2) is 0 Å². The summed E-state index contributed by atoms with van der Waals surface area (Å²) in [5.41, 5.74) is 0.469. The number of anilines is 1. The Balaban J connectivity index is 1.65. The van der Waals surface area contributed by atoms with Crippen LogP contribution in [0.3, 0.4) is 0 Å². The van der Waals surface area contributed by atoms with Crippen LogP contribution >= 0.6 is 0 Å². The monoisotopic (exact) mass is 347 g/mol. The minimum Gasteiger partial charge on any atom is -0.492 e. The number of carbonyl (C=O) groups excluding carboxylic acids is 1. The molecule has 2 heterocycles. The van der Waals surface area contributed by atoms with E-state index in [-0.39, 0.29) is 5.91 Å². The minimum absolute atomic E-state index is 0.147. The molecule has 0 radical (unpaired) electrons. The largest absolute Gasteiger partial charge is 0.492 e. The molecule has 6 nitrogen and oxygen atoms in total. The van der Waals surface area contributed by atoms with Gasteiger partial charge >= 0.3 is 0 Å². The number of hydrogen-bond donors (Lipinski definition) is 1. The lowest BCUT2D eigenvalue weighted by Crippen LogP contribution is -2.59. The fraction of sp³-hybridized carbons (Fsp3) is 0.632. The number of nitrogens with one attached hydrogen (secondary N) is 1. The highest BCUT2D eigenvalue weighted by molar-refractivity contribution is 5.85. The van der Waals surface area contributed by atoms with Gasteiger partial charge in [0.05, 0.1) is 12.3 Å². The Morgan fingerprint density at radius 1 is 1.16 bits per heavy atom. The van der Waals surface area contributed by atoms with Crippen molar-refractivity contribution in [3.63, 3.8) is 0 Å². The zero-order valence-corrected chi connectivity index (χ0v) is 15.3. The number of methoxy groups -OCH3 is 1. The molecule has 0 unspecified atom stereocenters. The molecule has 2 aliphatic rings. The van der Waals surface area contributed by atoms with E-state index in [1.165, 1.54) is 0 Å². The van der Waals surface area contributed by atoms with Crippen molar-refractivity contribution in [3.8, 4) is 5.75 Å². The van der Waals surface area contributed by atoms with Crippen LogP contribution in [0.15, 0.2) is 24.3 Å². The summed E-state index contributed by atoms with van der Waals surface area (Å²) in [6, 6.07) is 8.12. The maximum absolute atomic E-state index is 13.0. The van der Waals surface area contributed by atoms with Crippen molar-refractivity contribution in [3.05, 3.63) is 24.3 Å². The van der Waals surface area contributed by atoms with E-state index in [0.717, 1.165) is 63.5 Å². The molecule has 0 spiro atoms. The highest BCUT2D eigenvalue weighted by Gasteiger charge is 2.43. The van der Waals surface area contributed by atoms with Gasteiger partial charge in [-0.05, 0) is 45.0 Å². The summed E-state index contributed by atoms with van der Waals surface area (Å²) in [5.74, 6) is 1.06. The van der Waals surface area contributed by atoms with E-state index in [0.29, 0.717) is 6.61 Å². The van der Waals surface area contributed by atoms with Crippen molar-refractivity contribution >= 4 is 11.6 Å². The zero-order valence-electron chi connectivity index (χ0n) is 15.3. The third-order valence-corrected chi connectivity index (χ3v) is 5.26. The van der Waals surface area contributed by atoms with Gasteiger partial charge < -0.3 is 24.6 Å². The summed E-state index contributed by atoms with van der Waals surface area (Å²) in [7, 11) is 1.66. The molecule has 2 fully saturated rings. The average molecular weight is 347 g/mol. The summed E-state index contributed by atoms with van der Waals surface area (Å²) >= 11 is 0. The molecular weight excluding hydrogens is 318 g/mol. The van der Waals surface area contributed by atoms with E-state index in [4.69, 9.17) is 9.47 Å². The van der Waals surface area contributed by atoms with Crippen LogP contribution < -0.4 is 15.0 Å². The number of piperazine rings is 1. The predicted octanol–water partition coefficient (Wildman–Crippen LogP) is 1.50. The van der Waals surface area contributed by atoms with Crippen LogP contribution in [-0.4, -0.2) is 69.4 Å². The van der Waals surface area contributed by atoms with Crippen molar-refractivity contribution in [1.82, 2.24) is 10.2 Å². The smallest absolute Gasteiger partial charge is 0.255 e. The molecule has 1 N–H and O–H groups in total. The highest BCUT2D eigenvalue weighted by atomic mass is 16.5. The van der Waals surface area contributed by atoms with Gasteiger partial charge in [0.25, 0.3) is 5.91 Å². The topological polar surface area (TPSA) is 54.0 Å². The molecule has 1 aromatic carbocycles. The second-order valence-corrected chi connectivity index (χ2v) is 6.63. The van der Waals surface area contributed by atoms with Crippen molar-refractivity contribution in [2.75, 3.05) is 57.9 Å². The van der Waals surface area contributed by atoms with Crippen LogP contribution in [0.2, 0.25) is 0 Å². The van der Waals surface area contributed by atoms with Crippen LogP contribution in [-0.2, 0) is 9.53 Å². The maximum atomic E-state index is 13.0. The van der Waals surface area contributed by atoms with Crippen LogP contribution in [0.5, 0.6) is 5.75 Å². The fourth-order valence-corrected chi connectivity index (χ4v) is 3.77. The summed E-state index contributed by atoms with van der Waals surface area (Å²) in [4.78, 5) is 17.3. The first kappa shape index (κ1) is 18.0. The minimum atomic E-state index is -0.642. The van der Waals surface area contributed by atoms with Gasteiger partial charge in [-0.3, -0.25) is 4.79 Å². The molecule has 0 atom stereocenters. The molecule has 6 heteroatoms. The lowest BCUT2D eigenvalue weighted by atomic mass is 9.90. The Hall–Kier alpha value is -1.79. The van der Waals surface area contributed by atoms with Gasteiger partial charge in [-0.25, -0.2) is 0 Å². The Kier molecular flexibility index (Phi) is 5.81. The number of piperidine rings is 1. The first-order valence-electron chi connectivity index (χ1n) is 9.22. The third-order valence-electron chi connectivity index (χ3n) is 5.26. The van der Waals surface area contributed by atoms with Crippen LogP contribution in [0.25, 0.3) is 0 Å². The van der Waals surface area contributed by atoms with Gasteiger partial charge in [-0.1, -0.05) is 12.1 Å². The highest BCUT2D eigenvalue weighted by Crippen LogP contribution is 2.30. The quantitative estimate of drug-likeness (QED) is 0.875. The van der Waals surface area contributed by atoms with Crippen LogP contribution in [0.1, 0.15) is 19.8 Å². The lowest BCUT2D eigenvalue weighted by molar-refractivity contribution is -0.158.